The van der Waals surface area contributed by atoms with E-state index in [2.05, 4.69) is 33.9 Å². The molecule has 84 valence electrons. The zero-order valence-electron chi connectivity index (χ0n) is 9.14. The first-order valence-electron chi connectivity index (χ1n) is 5.47. The lowest BCUT2D eigenvalue weighted by atomic mass is 10.0. The van der Waals surface area contributed by atoms with Gasteiger partial charge in [-0.25, -0.2) is 9.95 Å². The first-order valence-corrected chi connectivity index (χ1v) is 5.47. The summed E-state index contributed by atoms with van der Waals surface area (Å²) in [7, 11) is 0. The largest absolute Gasteiger partial charge is 0.357 e. The Kier molecular flexibility index (Phi) is 2.29. The maximum atomic E-state index is 10.9. The molecule has 1 N–H and O–H groups in total. The summed E-state index contributed by atoms with van der Waals surface area (Å²) >= 11 is 0. The maximum Gasteiger partial charge on any atom is 0.357 e. The zero-order chi connectivity index (χ0) is 11.7. The summed E-state index contributed by atoms with van der Waals surface area (Å²) in [6.07, 6.45) is 0.674. The molecule has 0 spiro atoms. The van der Waals surface area contributed by atoms with Crippen LogP contribution < -0.4 is 5.63 Å². The SMILES string of the molecule is O=c1cc(Cc2cccc3ccccc23)[nH]o1. The molecule has 0 radical (unpaired) electrons. The molecule has 0 aliphatic heterocycles. The van der Waals surface area contributed by atoms with Crippen LogP contribution >= 0.6 is 0 Å². The Morgan fingerprint density at radius 2 is 1.88 bits per heavy atom. The highest BCUT2D eigenvalue weighted by molar-refractivity contribution is 5.85. The Morgan fingerprint density at radius 1 is 1.06 bits per heavy atom. The smallest absolute Gasteiger partial charge is 0.339 e. The average molecular weight is 225 g/mol. The average Bonchev–Trinajstić information content (AvgIpc) is 2.75. The second-order valence-corrected chi connectivity index (χ2v) is 4.01. The van der Waals surface area contributed by atoms with Gasteiger partial charge in [-0.1, -0.05) is 42.5 Å². The lowest BCUT2D eigenvalue weighted by molar-refractivity contribution is 0.386. The molecule has 0 amide bonds. The van der Waals surface area contributed by atoms with E-state index in [1.807, 2.05) is 18.2 Å². The molecular formula is C14H11NO2. The fraction of sp³-hybridized carbons (Fsp3) is 0.0714. The van der Waals surface area contributed by atoms with Crippen LogP contribution in [0.4, 0.5) is 0 Å². The topological polar surface area (TPSA) is 46.0 Å². The molecule has 1 aromatic heterocycles. The highest BCUT2D eigenvalue weighted by atomic mass is 16.5. The summed E-state index contributed by atoms with van der Waals surface area (Å²) in [5.74, 6) is 0. The predicted octanol–water partition coefficient (Wildman–Crippen LogP) is 2.71. The molecule has 2 aromatic carbocycles. The fourth-order valence-electron chi connectivity index (χ4n) is 2.06. The molecule has 3 heteroatoms. The Bertz CT molecular complexity index is 704. The van der Waals surface area contributed by atoms with Gasteiger partial charge in [0, 0.05) is 12.5 Å². The van der Waals surface area contributed by atoms with E-state index in [0.717, 1.165) is 5.69 Å². The molecule has 0 fully saturated rings. The van der Waals surface area contributed by atoms with Gasteiger partial charge in [-0.15, -0.1) is 0 Å². The molecule has 3 nitrogen and oxygen atoms in total. The molecule has 0 aliphatic rings. The monoisotopic (exact) mass is 225 g/mol. The van der Waals surface area contributed by atoms with Gasteiger partial charge < -0.3 is 4.52 Å². The van der Waals surface area contributed by atoms with Crippen LogP contribution in [0.15, 0.2) is 57.8 Å². The van der Waals surface area contributed by atoms with Crippen molar-refractivity contribution >= 4 is 10.8 Å². The minimum absolute atomic E-state index is 0.333. The van der Waals surface area contributed by atoms with Crippen molar-refractivity contribution in [3.63, 3.8) is 0 Å². The van der Waals surface area contributed by atoms with Crippen LogP contribution in [0.3, 0.4) is 0 Å². The van der Waals surface area contributed by atoms with Crippen molar-refractivity contribution < 1.29 is 4.52 Å². The molecule has 0 bridgehead atoms. The zero-order valence-corrected chi connectivity index (χ0v) is 9.14. The molecule has 3 rings (SSSR count). The van der Waals surface area contributed by atoms with E-state index < -0.39 is 0 Å². The number of benzene rings is 2. The van der Waals surface area contributed by atoms with E-state index in [9.17, 15) is 4.79 Å². The molecule has 0 atom stereocenters. The summed E-state index contributed by atoms with van der Waals surface area (Å²) < 4.78 is 4.67. The van der Waals surface area contributed by atoms with Crippen molar-refractivity contribution in [3.05, 3.63) is 70.2 Å². The van der Waals surface area contributed by atoms with Gasteiger partial charge in [-0.05, 0) is 16.3 Å². The summed E-state index contributed by atoms with van der Waals surface area (Å²) in [6.45, 7) is 0. The second-order valence-electron chi connectivity index (χ2n) is 4.01. The Labute approximate surface area is 97.7 Å². The molecule has 0 aliphatic carbocycles. The minimum Gasteiger partial charge on any atom is -0.339 e. The summed E-state index contributed by atoms with van der Waals surface area (Å²) in [6, 6.07) is 15.9. The summed E-state index contributed by atoms with van der Waals surface area (Å²) in [5, 5.41) is 5.04. The standard InChI is InChI=1S/C14H11NO2/c16-14-9-12(15-17-14)8-11-6-3-5-10-4-1-2-7-13(10)11/h1-7,9,15H,8H2. The van der Waals surface area contributed by atoms with E-state index in [-0.39, 0.29) is 5.63 Å². The van der Waals surface area contributed by atoms with E-state index in [4.69, 9.17) is 0 Å². The number of aromatic amines is 1. The number of fused-ring (bicyclic) bond motifs is 1. The van der Waals surface area contributed by atoms with Crippen molar-refractivity contribution in [2.75, 3.05) is 0 Å². The van der Waals surface area contributed by atoms with Gasteiger partial charge in [-0.2, -0.15) is 0 Å². The quantitative estimate of drug-likeness (QED) is 0.728. The van der Waals surface area contributed by atoms with Crippen LogP contribution in [-0.2, 0) is 6.42 Å². The summed E-state index contributed by atoms with van der Waals surface area (Å²) in [4.78, 5) is 10.9. The first kappa shape index (κ1) is 9.90. The third-order valence-corrected chi connectivity index (χ3v) is 2.84. The van der Waals surface area contributed by atoms with E-state index in [0.29, 0.717) is 6.42 Å². The number of hydrogen-bond donors (Lipinski definition) is 1. The Balaban J connectivity index is 2.08. The molecular weight excluding hydrogens is 214 g/mol. The van der Waals surface area contributed by atoms with Crippen molar-refractivity contribution in [3.8, 4) is 0 Å². The van der Waals surface area contributed by atoms with E-state index >= 15 is 0 Å². The van der Waals surface area contributed by atoms with Crippen LogP contribution in [0.25, 0.3) is 10.8 Å². The Hall–Kier alpha value is -2.29. The van der Waals surface area contributed by atoms with Gasteiger partial charge in [0.25, 0.3) is 0 Å². The highest BCUT2D eigenvalue weighted by Crippen LogP contribution is 2.20. The van der Waals surface area contributed by atoms with E-state index in [1.54, 1.807) is 0 Å². The summed E-state index contributed by atoms with van der Waals surface area (Å²) in [5.41, 5.74) is 1.65. The minimum atomic E-state index is -0.333. The van der Waals surface area contributed by atoms with Gasteiger partial charge in [0.15, 0.2) is 0 Å². The van der Waals surface area contributed by atoms with Crippen LogP contribution in [0, 0.1) is 0 Å². The second kappa shape index (κ2) is 3.94. The molecule has 0 unspecified atom stereocenters. The molecule has 1 heterocycles. The third kappa shape index (κ3) is 1.87. The van der Waals surface area contributed by atoms with Gasteiger partial charge in [-0.3, -0.25) is 0 Å². The van der Waals surface area contributed by atoms with Crippen LogP contribution in [0.2, 0.25) is 0 Å². The predicted molar refractivity (Wildman–Crippen MR) is 66.1 cm³/mol. The van der Waals surface area contributed by atoms with Crippen molar-refractivity contribution in [2.24, 2.45) is 0 Å². The van der Waals surface area contributed by atoms with Crippen molar-refractivity contribution in [1.29, 1.82) is 0 Å². The number of hydrogen-bond acceptors (Lipinski definition) is 2. The normalized spacial score (nSPS) is 10.8. The number of nitrogens with one attached hydrogen (secondary N) is 1. The third-order valence-electron chi connectivity index (χ3n) is 2.84. The molecule has 17 heavy (non-hydrogen) atoms. The van der Waals surface area contributed by atoms with Crippen molar-refractivity contribution in [1.82, 2.24) is 5.16 Å². The highest BCUT2D eigenvalue weighted by Gasteiger charge is 2.04. The van der Waals surface area contributed by atoms with E-state index in [1.165, 1.54) is 22.4 Å². The maximum absolute atomic E-state index is 10.9. The Morgan fingerprint density at radius 3 is 2.71 bits per heavy atom. The first-order chi connectivity index (χ1) is 8.33. The van der Waals surface area contributed by atoms with Crippen LogP contribution in [0.5, 0.6) is 0 Å². The van der Waals surface area contributed by atoms with Gasteiger partial charge in [0.05, 0.1) is 5.69 Å². The van der Waals surface area contributed by atoms with Crippen LogP contribution in [0.1, 0.15) is 11.3 Å². The van der Waals surface area contributed by atoms with Crippen molar-refractivity contribution in [2.45, 2.75) is 6.42 Å². The van der Waals surface area contributed by atoms with Gasteiger partial charge in [0.2, 0.25) is 0 Å². The fourth-order valence-corrected chi connectivity index (χ4v) is 2.06. The molecule has 0 saturated heterocycles. The number of aromatic nitrogens is 1. The lowest BCUT2D eigenvalue weighted by Gasteiger charge is -2.04. The molecule has 0 saturated carbocycles. The lowest BCUT2D eigenvalue weighted by Crippen LogP contribution is -1.91. The van der Waals surface area contributed by atoms with Crippen LogP contribution in [-0.4, -0.2) is 5.16 Å². The number of rotatable bonds is 2. The van der Waals surface area contributed by atoms with Gasteiger partial charge in [0.1, 0.15) is 0 Å². The molecule has 3 aromatic rings. The van der Waals surface area contributed by atoms with Gasteiger partial charge >= 0.3 is 5.63 Å². The number of H-pyrrole nitrogens is 1.